The van der Waals surface area contributed by atoms with Crippen molar-refractivity contribution in [1.82, 2.24) is 0 Å². The summed E-state index contributed by atoms with van der Waals surface area (Å²) in [7, 11) is 1.67. The monoisotopic (exact) mass is 274 g/mol. The van der Waals surface area contributed by atoms with E-state index in [2.05, 4.69) is 12.2 Å². The zero-order chi connectivity index (χ0) is 13.1. The van der Waals surface area contributed by atoms with Crippen LogP contribution in [0.25, 0.3) is 12.2 Å². The molecular formula is C15H14O3S. The highest BCUT2D eigenvalue weighted by Gasteiger charge is 2.16. The van der Waals surface area contributed by atoms with Gasteiger partial charge >= 0.3 is 0 Å². The van der Waals surface area contributed by atoms with Gasteiger partial charge in [-0.05, 0) is 23.8 Å². The maximum atomic E-state index is 5.63. The zero-order valence-electron chi connectivity index (χ0n) is 10.6. The predicted molar refractivity (Wildman–Crippen MR) is 77.2 cm³/mol. The Morgan fingerprint density at radius 2 is 1.89 bits per heavy atom. The van der Waals surface area contributed by atoms with Gasteiger partial charge in [0.2, 0.25) is 0 Å². The van der Waals surface area contributed by atoms with Crippen molar-refractivity contribution < 1.29 is 14.2 Å². The lowest BCUT2D eigenvalue weighted by molar-refractivity contribution is 0.173. The molecule has 0 amide bonds. The molecule has 0 radical (unpaired) electrons. The highest BCUT2D eigenvalue weighted by atomic mass is 32.1. The third-order valence-electron chi connectivity index (χ3n) is 2.87. The molecule has 0 fully saturated rings. The summed E-state index contributed by atoms with van der Waals surface area (Å²) in [6, 6.07) is 7.94. The van der Waals surface area contributed by atoms with E-state index in [1.807, 2.05) is 29.6 Å². The molecule has 0 spiro atoms. The van der Waals surface area contributed by atoms with E-state index >= 15 is 0 Å². The van der Waals surface area contributed by atoms with E-state index < -0.39 is 0 Å². The Hall–Kier alpha value is -1.94. The fraction of sp³-hybridized carbons (Fsp3) is 0.200. The minimum absolute atomic E-state index is 0.618. The zero-order valence-corrected chi connectivity index (χ0v) is 11.4. The number of hydrogen-bond acceptors (Lipinski definition) is 4. The standard InChI is InChI=1S/C15H14O3S/c1-16-12-5-2-11(3-6-12)4-7-14-15-13(10-19-14)17-8-9-18-15/h2-7,10H,8-9H2,1H3/b7-4+. The second-order valence-corrected chi connectivity index (χ2v) is 5.01. The van der Waals surface area contributed by atoms with Gasteiger partial charge in [-0.2, -0.15) is 0 Å². The minimum atomic E-state index is 0.618. The van der Waals surface area contributed by atoms with Crippen LogP contribution in [0, 0.1) is 0 Å². The fourth-order valence-corrected chi connectivity index (χ4v) is 2.71. The molecule has 0 N–H and O–H groups in total. The Bertz CT molecular complexity index is 584. The molecule has 19 heavy (non-hydrogen) atoms. The molecule has 1 aliphatic heterocycles. The Labute approximate surface area is 116 Å². The van der Waals surface area contributed by atoms with Crippen LogP contribution in [0.3, 0.4) is 0 Å². The number of ether oxygens (including phenoxy) is 3. The van der Waals surface area contributed by atoms with Gasteiger partial charge in [-0.15, -0.1) is 11.3 Å². The molecule has 0 bridgehead atoms. The number of thiophene rings is 1. The first kappa shape index (κ1) is 12.1. The van der Waals surface area contributed by atoms with Gasteiger partial charge in [-0.1, -0.05) is 18.2 Å². The Morgan fingerprint density at radius 3 is 2.68 bits per heavy atom. The molecule has 0 saturated heterocycles. The molecule has 0 atom stereocenters. The van der Waals surface area contributed by atoms with E-state index in [0.717, 1.165) is 27.7 Å². The van der Waals surface area contributed by atoms with Gasteiger partial charge in [0.15, 0.2) is 11.5 Å². The topological polar surface area (TPSA) is 27.7 Å². The minimum Gasteiger partial charge on any atom is -0.497 e. The van der Waals surface area contributed by atoms with E-state index in [1.54, 1.807) is 18.4 Å². The van der Waals surface area contributed by atoms with E-state index in [-0.39, 0.29) is 0 Å². The first-order valence-electron chi connectivity index (χ1n) is 6.06. The van der Waals surface area contributed by atoms with E-state index in [9.17, 15) is 0 Å². The maximum absolute atomic E-state index is 5.63. The molecule has 2 aromatic rings. The highest BCUT2D eigenvalue weighted by molar-refractivity contribution is 7.11. The van der Waals surface area contributed by atoms with E-state index in [1.165, 1.54) is 0 Å². The maximum Gasteiger partial charge on any atom is 0.179 e. The largest absolute Gasteiger partial charge is 0.497 e. The van der Waals surface area contributed by atoms with Crippen LogP contribution in [0.5, 0.6) is 17.2 Å². The molecule has 0 aliphatic carbocycles. The normalized spacial score (nSPS) is 13.7. The molecular weight excluding hydrogens is 260 g/mol. The molecule has 3 nitrogen and oxygen atoms in total. The number of rotatable bonds is 3. The summed E-state index contributed by atoms with van der Waals surface area (Å²) in [6.07, 6.45) is 4.11. The summed E-state index contributed by atoms with van der Waals surface area (Å²) in [5.74, 6) is 2.58. The van der Waals surface area contributed by atoms with Crippen LogP contribution in [0.4, 0.5) is 0 Å². The van der Waals surface area contributed by atoms with Crippen LogP contribution in [0.2, 0.25) is 0 Å². The molecule has 4 heteroatoms. The Balaban J connectivity index is 1.80. The fourth-order valence-electron chi connectivity index (χ4n) is 1.88. The number of benzene rings is 1. The number of fused-ring (bicyclic) bond motifs is 1. The second-order valence-electron chi connectivity index (χ2n) is 4.10. The first-order chi connectivity index (χ1) is 9.36. The molecule has 1 aliphatic rings. The smallest absolute Gasteiger partial charge is 0.179 e. The van der Waals surface area contributed by atoms with Crippen molar-refractivity contribution in [2.24, 2.45) is 0 Å². The quantitative estimate of drug-likeness (QED) is 0.854. The van der Waals surface area contributed by atoms with Crippen LogP contribution in [-0.2, 0) is 0 Å². The van der Waals surface area contributed by atoms with Gasteiger partial charge in [0.25, 0.3) is 0 Å². The predicted octanol–water partition coefficient (Wildman–Crippen LogP) is 3.70. The van der Waals surface area contributed by atoms with Crippen molar-refractivity contribution in [2.75, 3.05) is 20.3 Å². The average molecular weight is 274 g/mol. The van der Waals surface area contributed by atoms with Crippen molar-refractivity contribution >= 4 is 23.5 Å². The van der Waals surface area contributed by atoms with Gasteiger partial charge in [0.05, 0.1) is 12.0 Å². The lowest BCUT2D eigenvalue weighted by Crippen LogP contribution is -2.14. The average Bonchev–Trinajstić information content (AvgIpc) is 2.89. The summed E-state index contributed by atoms with van der Waals surface area (Å²) in [4.78, 5) is 1.09. The van der Waals surface area contributed by atoms with E-state index in [0.29, 0.717) is 13.2 Å². The van der Waals surface area contributed by atoms with Gasteiger partial charge in [0.1, 0.15) is 19.0 Å². The highest BCUT2D eigenvalue weighted by Crippen LogP contribution is 2.40. The van der Waals surface area contributed by atoms with Crippen molar-refractivity contribution in [3.8, 4) is 17.2 Å². The van der Waals surface area contributed by atoms with Crippen LogP contribution in [-0.4, -0.2) is 20.3 Å². The molecule has 2 heterocycles. The molecule has 0 unspecified atom stereocenters. The summed E-state index contributed by atoms with van der Waals surface area (Å²) in [5, 5.41) is 1.99. The Morgan fingerprint density at radius 1 is 1.11 bits per heavy atom. The third-order valence-corrected chi connectivity index (χ3v) is 3.78. The van der Waals surface area contributed by atoms with Crippen molar-refractivity contribution in [2.45, 2.75) is 0 Å². The molecule has 1 aromatic heterocycles. The van der Waals surface area contributed by atoms with Crippen LogP contribution < -0.4 is 14.2 Å². The Kier molecular flexibility index (Phi) is 3.42. The summed E-state index contributed by atoms with van der Waals surface area (Å²) in [5.41, 5.74) is 1.12. The first-order valence-corrected chi connectivity index (χ1v) is 6.94. The summed E-state index contributed by atoms with van der Waals surface area (Å²) < 4.78 is 16.3. The van der Waals surface area contributed by atoms with Crippen LogP contribution >= 0.6 is 11.3 Å². The SMILES string of the molecule is COc1ccc(/C=C/c2scc3c2OCCO3)cc1. The van der Waals surface area contributed by atoms with Crippen molar-refractivity contribution in [1.29, 1.82) is 0 Å². The van der Waals surface area contributed by atoms with Gasteiger partial charge in [0, 0.05) is 5.38 Å². The van der Waals surface area contributed by atoms with Crippen LogP contribution in [0.15, 0.2) is 29.6 Å². The van der Waals surface area contributed by atoms with Crippen LogP contribution in [0.1, 0.15) is 10.4 Å². The molecule has 1 aromatic carbocycles. The van der Waals surface area contributed by atoms with Crippen molar-refractivity contribution in [3.05, 3.63) is 40.1 Å². The van der Waals surface area contributed by atoms with Crippen molar-refractivity contribution in [3.63, 3.8) is 0 Å². The van der Waals surface area contributed by atoms with Gasteiger partial charge in [-0.3, -0.25) is 0 Å². The summed E-state index contributed by atoms with van der Waals surface area (Å²) in [6.45, 7) is 1.25. The lowest BCUT2D eigenvalue weighted by atomic mass is 10.2. The second kappa shape index (κ2) is 5.36. The third kappa shape index (κ3) is 2.58. The molecule has 3 rings (SSSR count). The van der Waals surface area contributed by atoms with Gasteiger partial charge in [-0.25, -0.2) is 0 Å². The number of methoxy groups -OCH3 is 1. The number of hydrogen-bond donors (Lipinski definition) is 0. The van der Waals surface area contributed by atoms with Gasteiger partial charge < -0.3 is 14.2 Å². The summed E-state index contributed by atoms with van der Waals surface area (Å²) >= 11 is 1.63. The lowest BCUT2D eigenvalue weighted by Gasteiger charge is -2.15. The molecule has 98 valence electrons. The molecule has 0 saturated carbocycles. The van der Waals surface area contributed by atoms with E-state index in [4.69, 9.17) is 14.2 Å².